The lowest BCUT2D eigenvalue weighted by Crippen LogP contribution is -2.12. The van der Waals surface area contributed by atoms with Crippen LogP contribution in [-0.4, -0.2) is 15.9 Å². The van der Waals surface area contributed by atoms with E-state index in [9.17, 15) is 9.18 Å². The number of rotatable bonds is 2. The molecule has 3 aromatic rings. The lowest BCUT2D eigenvalue weighted by Gasteiger charge is -2.02. The van der Waals surface area contributed by atoms with Crippen LogP contribution >= 0.6 is 0 Å². The quantitative estimate of drug-likeness (QED) is 0.494. The summed E-state index contributed by atoms with van der Waals surface area (Å²) in [5, 5.41) is 3.48. The highest BCUT2D eigenvalue weighted by molar-refractivity contribution is 6.07. The molecule has 0 atom stereocenters. The van der Waals surface area contributed by atoms with Crippen LogP contribution in [0.4, 0.5) is 15.8 Å². The summed E-state index contributed by atoms with van der Waals surface area (Å²) in [5.41, 5.74) is 7.91. The van der Waals surface area contributed by atoms with Crippen molar-refractivity contribution in [1.29, 1.82) is 0 Å². The van der Waals surface area contributed by atoms with Gasteiger partial charge in [0.2, 0.25) is 5.95 Å². The molecule has 0 aliphatic heterocycles. The van der Waals surface area contributed by atoms with Crippen LogP contribution in [-0.2, 0) is 0 Å². The molecule has 2 aromatic heterocycles. The largest absolute Gasteiger partial charge is 0.397 e. The second-order valence-electron chi connectivity index (χ2n) is 4.32. The molecular weight excluding hydrogens is 259 g/mol. The summed E-state index contributed by atoms with van der Waals surface area (Å²) >= 11 is 0. The Morgan fingerprint density at radius 1 is 1.30 bits per heavy atom. The number of hydrogen-bond donors (Lipinski definition) is 3. The Bertz CT molecular complexity index is 779. The van der Waals surface area contributed by atoms with Crippen LogP contribution in [0.5, 0.6) is 0 Å². The van der Waals surface area contributed by atoms with E-state index in [1.807, 2.05) is 12.1 Å². The number of nitrogen functional groups attached to an aromatic ring is 1. The highest BCUT2D eigenvalue weighted by Gasteiger charge is 2.11. The number of nitrogens with zero attached hydrogens (tertiary/aromatic N) is 1. The van der Waals surface area contributed by atoms with Gasteiger partial charge < -0.3 is 16.0 Å². The first-order valence-corrected chi connectivity index (χ1v) is 5.93. The summed E-state index contributed by atoms with van der Waals surface area (Å²) in [7, 11) is 0. The number of para-hydroxylation sites is 1. The van der Waals surface area contributed by atoms with Crippen molar-refractivity contribution in [2.24, 2.45) is 0 Å². The molecule has 0 spiro atoms. The van der Waals surface area contributed by atoms with E-state index >= 15 is 0 Å². The number of carbonyl (C=O) groups excluding carboxylic acids is 1. The maximum atomic E-state index is 12.7. The Morgan fingerprint density at radius 3 is 2.85 bits per heavy atom. The van der Waals surface area contributed by atoms with Crippen molar-refractivity contribution in [1.82, 2.24) is 9.97 Å². The van der Waals surface area contributed by atoms with Gasteiger partial charge in [-0.15, -0.1) is 0 Å². The number of aromatic amines is 1. The van der Waals surface area contributed by atoms with Crippen molar-refractivity contribution in [3.63, 3.8) is 0 Å². The van der Waals surface area contributed by atoms with Gasteiger partial charge in [-0.3, -0.25) is 4.79 Å². The lowest BCUT2D eigenvalue weighted by molar-refractivity contribution is 0.102. The fourth-order valence-electron chi connectivity index (χ4n) is 1.95. The van der Waals surface area contributed by atoms with Gasteiger partial charge in [-0.05, 0) is 24.3 Å². The van der Waals surface area contributed by atoms with Gasteiger partial charge in [0.15, 0.2) is 0 Å². The predicted molar refractivity (Wildman–Crippen MR) is 74.9 cm³/mol. The fraction of sp³-hybridized carbons (Fsp3) is 0. The monoisotopic (exact) mass is 270 g/mol. The van der Waals surface area contributed by atoms with E-state index in [0.29, 0.717) is 17.1 Å². The SMILES string of the molecule is Nc1cccc2cc(C(=O)Nc3ccc(F)nc3)[nH]c12. The molecule has 0 saturated carbocycles. The molecule has 2 heterocycles. The standard InChI is InChI=1S/C14H11FN4O/c15-12-5-4-9(7-17-12)18-14(20)11-6-8-2-1-3-10(16)13(8)19-11/h1-7,19H,16H2,(H,18,20). The van der Waals surface area contributed by atoms with E-state index in [-0.39, 0.29) is 5.91 Å². The third-order valence-corrected chi connectivity index (χ3v) is 2.92. The molecule has 3 rings (SSSR count). The molecule has 1 aromatic carbocycles. The average Bonchev–Trinajstić information content (AvgIpc) is 2.87. The van der Waals surface area contributed by atoms with E-state index in [0.717, 1.165) is 10.9 Å². The molecular formula is C14H11FN4O. The Hall–Kier alpha value is -2.89. The molecule has 1 amide bonds. The molecule has 0 saturated heterocycles. The van der Waals surface area contributed by atoms with Gasteiger partial charge in [0.1, 0.15) is 5.69 Å². The normalized spacial score (nSPS) is 10.7. The van der Waals surface area contributed by atoms with Gasteiger partial charge >= 0.3 is 0 Å². The molecule has 0 bridgehead atoms. The van der Waals surface area contributed by atoms with Gasteiger partial charge in [0, 0.05) is 5.39 Å². The van der Waals surface area contributed by atoms with Crippen molar-refractivity contribution < 1.29 is 9.18 Å². The average molecular weight is 270 g/mol. The zero-order valence-electron chi connectivity index (χ0n) is 10.4. The number of H-pyrrole nitrogens is 1. The van der Waals surface area contributed by atoms with Crippen LogP contribution < -0.4 is 11.1 Å². The van der Waals surface area contributed by atoms with Gasteiger partial charge in [-0.25, -0.2) is 4.98 Å². The first-order valence-electron chi connectivity index (χ1n) is 5.93. The second kappa shape index (κ2) is 4.65. The number of aromatic nitrogens is 2. The summed E-state index contributed by atoms with van der Waals surface area (Å²) in [5.74, 6) is -0.935. The van der Waals surface area contributed by atoms with Crippen LogP contribution in [0, 0.1) is 5.95 Å². The maximum absolute atomic E-state index is 12.7. The molecule has 0 fully saturated rings. The van der Waals surface area contributed by atoms with E-state index in [2.05, 4.69) is 15.3 Å². The van der Waals surface area contributed by atoms with Crippen molar-refractivity contribution in [2.45, 2.75) is 0 Å². The molecule has 5 nitrogen and oxygen atoms in total. The summed E-state index contributed by atoms with van der Waals surface area (Å²) in [6, 6.07) is 9.76. The molecule has 6 heteroatoms. The van der Waals surface area contributed by atoms with Gasteiger partial charge in [-0.2, -0.15) is 4.39 Å². The Labute approximate surface area is 113 Å². The molecule has 0 radical (unpaired) electrons. The first-order chi connectivity index (χ1) is 9.63. The third-order valence-electron chi connectivity index (χ3n) is 2.92. The number of pyridine rings is 1. The number of fused-ring (bicyclic) bond motifs is 1. The molecule has 0 unspecified atom stereocenters. The number of hydrogen-bond acceptors (Lipinski definition) is 3. The first kappa shape index (κ1) is 12.2. The predicted octanol–water partition coefficient (Wildman–Crippen LogP) is 2.54. The zero-order valence-corrected chi connectivity index (χ0v) is 10.4. The van der Waals surface area contributed by atoms with Crippen LogP contribution in [0.2, 0.25) is 0 Å². The second-order valence-corrected chi connectivity index (χ2v) is 4.32. The summed E-state index contributed by atoms with van der Waals surface area (Å²) in [6.45, 7) is 0. The van der Waals surface area contributed by atoms with Crippen LogP contribution in [0.3, 0.4) is 0 Å². The summed E-state index contributed by atoms with van der Waals surface area (Å²) in [4.78, 5) is 18.5. The highest BCUT2D eigenvalue weighted by Crippen LogP contribution is 2.21. The minimum Gasteiger partial charge on any atom is -0.397 e. The maximum Gasteiger partial charge on any atom is 0.272 e. The number of amides is 1. The van der Waals surface area contributed by atoms with Gasteiger partial charge in [0.25, 0.3) is 5.91 Å². The van der Waals surface area contributed by atoms with E-state index in [1.54, 1.807) is 12.1 Å². The molecule has 0 aliphatic carbocycles. The van der Waals surface area contributed by atoms with Crippen molar-refractivity contribution in [2.75, 3.05) is 11.1 Å². The minimum atomic E-state index is -0.596. The fourth-order valence-corrected chi connectivity index (χ4v) is 1.95. The van der Waals surface area contributed by atoms with E-state index in [1.165, 1.54) is 18.3 Å². The zero-order chi connectivity index (χ0) is 14.1. The van der Waals surface area contributed by atoms with Crippen LogP contribution in [0.15, 0.2) is 42.6 Å². The van der Waals surface area contributed by atoms with Crippen LogP contribution in [0.1, 0.15) is 10.5 Å². The minimum absolute atomic E-state index is 0.339. The topological polar surface area (TPSA) is 83.8 Å². The van der Waals surface area contributed by atoms with Crippen molar-refractivity contribution in [3.8, 4) is 0 Å². The summed E-state index contributed by atoms with van der Waals surface area (Å²) in [6.07, 6.45) is 1.25. The molecule has 100 valence electrons. The Balaban J connectivity index is 1.89. The highest BCUT2D eigenvalue weighted by atomic mass is 19.1. The molecule has 20 heavy (non-hydrogen) atoms. The number of carbonyl (C=O) groups is 1. The van der Waals surface area contributed by atoms with E-state index < -0.39 is 5.95 Å². The van der Waals surface area contributed by atoms with Crippen molar-refractivity contribution >= 4 is 28.2 Å². The summed E-state index contributed by atoms with van der Waals surface area (Å²) < 4.78 is 12.7. The van der Waals surface area contributed by atoms with Crippen LogP contribution in [0.25, 0.3) is 10.9 Å². The van der Waals surface area contributed by atoms with Gasteiger partial charge in [0.05, 0.1) is 23.1 Å². The number of anilines is 2. The number of nitrogens with two attached hydrogens (primary N) is 1. The van der Waals surface area contributed by atoms with Crippen molar-refractivity contribution in [3.05, 3.63) is 54.2 Å². The molecule has 0 aliphatic rings. The Kier molecular flexibility index (Phi) is 2.83. The third kappa shape index (κ3) is 2.18. The lowest BCUT2D eigenvalue weighted by atomic mass is 10.2. The Morgan fingerprint density at radius 2 is 2.15 bits per heavy atom. The molecule has 4 N–H and O–H groups in total. The van der Waals surface area contributed by atoms with Gasteiger partial charge in [-0.1, -0.05) is 12.1 Å². The number of benzene rings is 1. The smallest absolute Gasteiger partial charge is 0.272 e. The van der Waals surface area contributed by atoms with E-state index in [4.69, 9.17) is 5.73 Å². The number of nitrogens with one attached hydrogen (secondary N) is 2. The number of halogens is 1.